The maximum absolute atomic E-state index is 8.46. The van der Waals surface area contributed by atoms with Crippen LogP contribution in [0.5, 0.6) is 0 Å². The lowest BCUT2D eigenvalue weighted by molar-refractivity contribution is 0.579. The zero-order valence-corrected chi connectivity index (χ0v) is 4.65. The number of hydrogen-bond acceptors (Lipinski definition) is 1. The van der Waals surface area contributed by atoms with Gasteiger partial charge in [-0.3, -0.25) is 0 Å². The smallest absolute Gasteiger partial charge is 0.203 e. The van der Waals surface area contributed by atoms with Crippen molar-refractivity contribution in [3.05, 3.63) is 0 Å². The summed E-state index contributed by atoms with van der Waals surface area (Å²) in [5.74, 6) is 0. The highest BCUT2D eigenvalue weighted by Gasteiger charge is 1.88. The van der Waals surface area contributed by atoms with Crippen molar-refractivity contribution in [2.75, 3.05) is 0 Å². The van der Waals surface area contributed by atoms with E-state index in [1.54, 1.807) is 0 Å². The molecule has 0 aliphatic carbocycles. The van der Waals surface area contributed by atoms with Crippen molar-refractivity contribution >= 4 is 9.04 Å². The molecule has 0 amide bonds. The topological polar surface area (TPSA) is 20.2 Å². The standard InChI is InChI=1S/C3H9OSi/c1-3-5(2)4/h4H,3H2,1-2H3. The molecule has 0 aromatic heterocycles. The molecule has 0 aliphatic rings. The first-order valence-corrected chi connectivity index (χ1v) is 3.94. The molecule has 0 saturated heterocycles. The minimum Gasteiger partial charge on any atom is -0.432 e. The van der Waals surface area contributed by atoms with Crippen LogP contribution in [0, 0.1) is 0 Å². The van der Waals surface area contributed by atoms with Crippen LogP contribution in [0.2, 0.25) is 12.6 Å². The summed E-state index contributed by atoms with van der Waals surface area (Å²) in [7, 11) is -0.874. The Hall–Kier alpha value is 0.177. The first-order chi connectivity index (χ1) is 2.27. The van der Waals surface area contributed by atoms with E-state index in [0.29, 0.717) is 0 Å². The molecule has 1 nitrogen and oxygen atoms in total. The van der Waals surface area contributed by atoms with Crippen molar-refractivity contribution in [1.82, 2.24) is 0 Å². The van der Waals surface area contributed by atoms with Crippen molar-refractivity contribution in [3.8, 4) is 0 Å². The Morgan fingerprint density at radius 3 is 2.00 bits per heavy atom. The first-order valence-electron chi connectivity index (χ1n) is 1.78. The van der Waals surface area contributed by atoms with E-state index in [2.05, 4.69) is 0 Å². The number of rotatable bonds is 1. The first kappa shape index (κ1) is 5.18. The van der Waals surface area contributed by atoms with Crippen LogP contribution >= 0.6 is 0 Å². The largest absolute Gasteiger partial charge is 0.432 e. The van der Waals surface area contributed by atoms with Crippen molar-refractivity contribution < 1.29 is 4.80 Å². The molecule has 0 atom stereocenters. The molecule has 0 aromatic carbocycles. The van der Waals surface area contributed by atoms with Gasteiger partial charge in [0.2, 0.25) is 9.04 Å². The van der Waals surface area contributed by atoms with Gasteiger partial charge in [-0.15, -0.1) is 0 Å². The Morgan fingerprint density at radius 2 is 2.00 bits per heavy atom. The highest BCUT2D eigenvalue weighted by atomic mass is 28.3. The summed E-state index contributed by atoms with van der Waals surface area (Å²) in [6, 6.07) is 0.963. The van der Waals surface area contributed by atoms with Crippen LogP contribution in [-0.4, -0.2) is 13.8 Å². The molecule has 0 rings (SSSR count). The minimum atomic E-state index is -0.874. The summed E-state index contributed by atoms with van der Waals surface area (Å²) in [6.45, 7) is 3.87. The normalized spacial score (nSPS) is 9.60. The molecule has 0 aromatic rings. The molecule has 1 N–H and O–H groups in total. The molecule has 31 valence electrons. The third-order valence-electron chi connectivity index (χ3n) is 0.512. The second kappa shape index (κ2) is 2.42. The van der Waals surface area contributed by atoms with Gasteiger partial charge in [-0.05, 0) is 12.6 Å². The van der Waals surface area contributed by atoms with Crippen LogP contribution in [0.15, 0.2) is 0 Å². The monoisotopic (exact) mass is 89.0 g/mol. The van der Waals surface area contributed by atoms with E-state index in [-0.39, 0.29) is 0 Å². The van der Waals surface area contributed by atoms with Crippen molar-refractivity contribution in [3.63, 3.8) is 0 Å². The summed E-state index contributed by atoms with van der Waals surface area (Å²) in [5, 5.41) is 0. The zero-order chi connectivity index (χ0) is 4.28. The highest BCUT2D eigenvalue weighted by Crippen LogP contribution is 1.78. The molecule has 0 heterocycles. The van der Waals surface area contributed by atoms with E-state index in [9.17, 15) is 0 Å². The van der Waals surface area contributed by atoms with Crippen LogP contribution in [0.25, 0.3) is 0 Å². The Balaban J connectivity index is 2.54. The number of hydrogen-bond donors (Lipinski definition) is 1. The average molecular weight is 89.2 g/mol. The van der Waals surface area contributed by atoms with E-state index in [1.165, 1.54) is 0 Å². The van der Waals surface area contributed by atoms with Crippen molar-refractivity contribution in [1.29, 1.82) is 0 Å². The molecular formula is C3H9OSi. The predicted molar refractivity (Wildman–Crippen MR) is 24.3 cm³/mol. The molecule has 0 saturated carbocycles. The fourth-order valence-electron chi connectivity index (χ4n) is 0. The van der Waals surface area contributed by atoms with Crippen molar-refractivity contribution in [2.24, 2.45) is 0 Å². The van der Waals surface area contributed by atoms with Gasteiger partial charge in [0.25, 0.3) is 0 Å². The average Bonchev–Trinajstić information content (AvgIpc) is 1.38. The molecule has 0 aliphatic heterocycles. The summed E-state index contributed by atoms with van der Waals surface area (Å²) in [6.07, 6.45) is 0. The predicted octanol–water partition coefficient (Wildman–Crippen LogP) is 0.620. The summed E-state index contributed by atoms with van der Waals surface area (Å²) < 4.78 is 0. The second-order valence-corrected chi connectivity index (χ2v) is 3.27. The van der Waals surface area contributed by atoms with Gasteiger partial charge in [0.15, 0.2) is 0 Å². The van der Waals surface area contributed by atoms with Crippen LogP contribution in [0.3, 0.4) is 0 Å². The van der Waals surface area contributed by atoms with Crippen LogP contribution in [-0.2, 0) is 0 Å². The lowest BCUT2D eigenvalue weighted by Gasteiger charge is -1.85. The second-order valence-electron chi connectivity index (χ2n) is 1.09. The van der Waals surface area contributed by atoms with Gasteiger partial charge in [-0.25, -0.2) is 0 Å². The summed E-state index contributed by atoms with van der Waals surface area (Å²) in [4.78, 5) is 8.46. The lowest BCUT2D eigenvalue weighted by Crippen LogP contribution is -1.99. The van der Waals surface area contributed by atoms with E-state index in [4.69, 9.17) is 4.80 Å². The molecular weight excluding hydrogens is 80.1 g/mol. The Kier molecular flexibility index (Phi) is 2.50. The minimum absolute atomic E-state index is 0.874. The lowest BCUT2D eigenvalue weighted by atomic mass is 11.0. The third-order valence-corrected chi connectivity index (χ3v) is 1.54. The molecule has 0 fully saturated rings. The Bertz CT molecular complexity index is 20.9. The Labute approximate surface area is 34.4 Å². The fourth-order valence-corrected chi connectivity index (χ4v) is 0. The van der Waals surface area contributed by atoms with Crippen molar-refractivity contribution in [2.45, 2.75) is 19.5 Å². The molecule has 2 heteroatoms. The van der Waals surface area contributed by atoms with E-state index in [0.717, 1.165) is 6.04 Å². The zero-order valence-electron chi connectivity index (χ0n) is 3.65. The van der Waals surface area contributed by atoms with Gasteiger partial charge in [-0.1, -0.05) is 6.92 Å². The quantitative estimate of drug-likeness (QED) is 0.467. The molecule has 1 radical (unpaired) electrons. The van der Waals surface area contributed by atoms with Gasteiger partial charge >= 0.3 is 0 Å². The van der Waals surface area contributed by atoms with Crippen LogP contribution < -0.4 is 0 Å². The highest BCUT2D eigenvalue weighted by molar-refractivity contribution is 6.48. The van der Waals surface area contributed by atoms with Gasteiger partial charge in [0.05, 0.1) is 0 Å². The SMILES string of the molecule is CC[Si](C)O. The Morgan fingerprint density at radius 1 is 1.80 bits per heavy atom. The molecule has 5 heavy (non-hydrogen) atoms. The van der Waals surface area contributed by atoms with Gasteiger partial charge in [-0.2, -0.15) is 0 Å². The van der Waals surface area contributed by atoms with Gasteiger partial charge in [0.1, 0.15) is 0 Å². The molecule has 0 unspecified atom stereocenters. The molecule has 0 spiro atoms. The van der Waals surface area contributed by atoms with Gasteiger partial charge < -0.3 is 4.80 Å². The fraction of sp³-hybridized carbons (Fsp3) is 1.00. The van der Waals surface area contributed by atoms with Crippen LogP contribution in [0.1, 0.15) is 6.92 Å². The third kappa shape index (κ3) is 4.18. The van der Waals surface area contributed by atoms with E-state index in [1.807, 2.05) is 13.5 Å². The van der Waals surface area contributed by atoms with Gasteiger partial charge in [0, 0.05) is 0 Å². The summed E-state index contributed by atoms with van der Waals surface area (Å²) in [5.41, 5.74) is 0. The maximum Gasteiger partial charge on any atom is 0.203 e. The van der Waals surface area contributed by atoms with E-state index < -0.39 is 9.04 Å². The van der Waals surface area contributed by atoms with Crippen LogP contribution in [0.4, 0.5) is 0 Å². The van der Waals surface area contributed by atoms with E-state index >= 15 is 0 Å². The maximum atomic E-state index is 8.46. The molecule has 0 bridgehead atoms. The summed E-state index contributed by atoms with van der Waals surface area (Å²) >= 11 is 0.